The van der Waals surface area contributed by atoms with Gasteiger partial charge in [0, 0.05) is 19.5 Å². The molecule has 1 N–H and O–H groups in total. The molecule has 3 rings (SSSR count). The smallest absolute Gasteiger partial charge is 0.225 e. The molecule has 4 heteroatoms. The van der Waals surface area contributed by atoms with Gasteiger partial charge in [0.2, 0.25) is 11.8 Å². The van der Waals surface area contributed by atoms with Crippen LogP contribution in [-0.4, -0.2) is 29.8 Å². The van der Waals surface area contributed by atoms with Gasteiger partial charge in [0.25, 0.3) is 0 Å². The highest BCUT2D eigenvalue weighted by molar-refractivity contribution is 5.85. The van der Waals surface area contributed by atoms with E-state index in [0.29, 0.717) is 25.3 Å². The van der Waals surface area contributed by atoms with Crippen LogP contribution in [0.2, 0.25) is 0 Å². The zero-order chi connectivity index (χ0) is 16.4. The fraction of sp³-hybridized carbons (Fsp3) is 0.579. The molecule has 1 heterocycles. The van der Waals surface area contributed by atoms with Crippen LogP contribution in [0.5, 0.6) is 0 Å². The van der Waals surface area contributed by atoms with Crippen LogP contribution in [0.3, 0.4) is 0 Å². The lowest BCUT2D eigenvalue weighted by atomic mass is 9.82. The second-order valence-electron chi connectivity index (χ2n) is 6.81. The lowest BCUT2D eigenvalue weighted by molar-refractivity contribution is -0.143. The number of carbonyl (C=O) groups is 2. The molecule has 4 nitrogen and oxygen atoms in total. The number of likely N-dealkylation sites (tertiary alicyclic amines) is 1. The van der Waals surface area contributed by atoms with Gasteiger partial charge in [-0.2, -0.15) is 0 Å². The lowest BCUT2D eigenvalue weighted by Crippen LogP contribution is -2.48. The number of nitrogens with one attached hydrogen (secondary N) is 1. The van der Waals surface area contributed by atoms with Gasteiger partial charge < -0.3 is 10.2 Å². The van der Waals surface area contributed by atoms with Gasteiger partial charge in [-0.15, -0.1) is 0 Å². The summed E-state index contributed by atoms with van der Waals surface area (Å²) in [6.45, 7) is 5.48. The van der Waals surface area contributed by atoms with Crippen molar-refractivity contribution in [3.63, 3.8) is 0 Å². The maximum atomic E-state index is 12.7. The Labute approximate surface area is 138 Å². The molecule has 2 aliphatic rings. The molecule has 2 atom stereocenters. The lowest BCUT2D eigenvalue weighted by Gasteiger charge is -2.41. The monoisotopic (exact) mass is 314 g/mol. The molecule has 1 saturated heterocycles. The van der Waals surface area contributed by atoms with Crippen LogP contribution in [-0.2, 0) is 9.59 Å². The molecule has 2 fully saturated rings. The van der Waals surface area contributed by atoms with Crippen LogP contribution in [0.15, 0.2) is 24.3 Å². The van der Waals surface area contributed by atoms with E-state index in [1.807, 2.05) is 24.0 Å². The van der Waals surface area contributed by atoms with Gasteiger partial charge in [0.1, 0.15) is 0 Å². The molecule has 1 aliphatic heterocycles. The summed E-state index contributed by atoms with van der Waals surface area (Å²) in [5.41, 5.74) is 2.25. The van der Waals surface area contributed by atoms with Gasteiger partial charge in [0.05, 0.1) is 12.0 Å². The highest BCUT2D eigenvalue weighted by atomic mass is 16.2. The van der Waals surface area contributed by atoms with Crippen molar-refractivity contribution in [1.82, 2.24) is 10.2 Å². The van der Waals surface area contributed by atoms with Crippen LogP contribution < -0.4 is 5.32 Å². The molecular formula is C19H26N2O2. The van der Waals surface area contributed by atoms with E-state index in [2.05, 4.69) is 24.4 Å². The van der Waals surface area contributed by atoms with E-state index in [1.165, 1.54) is 12.8 Å². The van der Waals surface area contributed by atoms with Crippen molar-refractivity contribution in [3.8, 4) is 0 Å². The Kier molecular flexibility index (Phi) is 4.69. The molecule has 23 heavy (non-hydrogen) atoms. The van der Waals surface area contributed by atoms with Gasteiger partial charge in [-0.3, -0.25) is 9.59 Å². The molecule has 0 unspecified atom stereocenters. The first-order valence-corrected chi connectivity index (χ1v) is 8.74. The predicted octanol–water partition coefficient (Wildman–Crippen LogP) is 2.82. The predicted molar refractivity (Wildman–Crippen MR) is 89.8 cm³/mol. The van der Waals surface area contributed by atoms with Crippen LogP contribution in [0.4, 0.5) is 0 Å². The summed E-state index contributed by atoms with van der Waals surface area (Å²) in [6, 6.07) is 7.97. The summed E-state index contributed by atoms with van der Waals surface area (Å²) in [5, 5.41) is 3.12. The second-order valence-corrected chi connectivity index (χ2v) is 6.81. The first kappa shape index (κ1) is 16.0. The molecule has 1 aromatic carbocycles. The molecule has 0 bridgehead atoms. The Hall–Kier alpha value is -1.84. The number of aryl methyl sites for hydroxylation is 1. The first-order valence-electron chi connectivity index (χ1n) is 8.74. The van der Waals surface area contributed by atoms with E-state index in [1.54, 1.807) is 0 Å². The van der Waals surface area contributed by atoms with E-state index >= 15 is 0 Å². The van der Waals surface area contributed by atoms with Crippen molar-refractivity contribution < 1.29 is 9.59 Å². The van der Waals surface area contributed by atoms with Crippen molar-refractivity contribution >= 4 is 11.8 Å². The number of hydrogen-bond donors (Lipinski definition) is 1. The zero-order valence-corrected chi connectivity index (χ0v) is 14.0. The maximum Gasteiger partial charge on any atom is 0.225 e. The van der Waals surface area contributed by atoms with Gasteiger partial charge >= 0.3 is 0 Å². The number of nitrogens with zero attached hydrogens (tertiary/aromatic N) is 1. The number of carbonyl (C=O) groups excluding carboxylic acids is 2. The largest absolute Gasteiger partial charge is 0.356 e. The molecule has 1 aliphatic carbocycles. The summed E-state index contributed by atoms with van der Waals surface area (Å²) >= 11 is 0. The van der Waals surface area contributed by atoms with E-state index in [9.17, 15) is 9.59 Å². The minimum absolute atomic E-state index is 0.108. The SMILES string of the molecule is CCN1C(=O)CC[C@@H](C(=O)NCC2CC2)[C@@H]1c1ccccc1C. The summed E-state index contributed by atoms with van der Waals surface area (Å²) in [7, 11) is 0. The van der Waals surface area contributed by atoms with Crippen molar-refractivity contribution in [2.45, 2.75) is 45.6 Å². The van der Waals surface area contributed by atoms with Gasteiger partial charge in [0.15, 0.2) is 0 Å². The number of benzene rings is 1. The van der Waals surface area contributed by atoms with Gasteiger partial charge in [-0.05, 0) is 50.2 Å². The molecule has 124 valence electrons. The fourth-order valence-electron chi connectivity index (χ4n) is 3.60. The fourth-order valence-corrected chi connectivity index (χ4v) is 3.60. The Bertz CT molecular complexity index is 595. The normalized spacial score (nSPS) is 24.6. The van der Waals surface area contributed by atoms with Crippen LogP contribution >= 0.6 is 0 Å². The third-order valence-electron chi connectivity index (χ3n) is 5.15. The quantitative estimate of drug-likeness (QED) is 0.908. The van der Waals surface area contributed by atoms with Gasteiger partial charge in [-0.25, -0.2) is 0 Å². The van der Waals surface area contributed by atoms with Crippen LogP contribution in [0.25, 0.3) is 0 Å². The molecule has 0 aromatic heterocycles. The minimum atomic E-state index is -0.146. The highest BCUT2D eigenvalue weighted by Crippen LogP contribution is 2.38. The maximum absolute atomic E-state index is 12.7. The number of rotatable bonds is 5. The molecule has 1 saturated carbocycles. The summed E-state index contributed by atoms with van der Waals surface area (Å²) in [4.78, 5) is 27.0. The highest BCUT2D eigenvalue weighted by Gasteiger charge is 2.40. The molecule has 0 radical (unpaired) electrons. The topological polar surface area (TPSA) is 49.4 Å². The third kappa shape index (κ3) is 3.41. The minimum Gasteiger partial charge on any atom is -0.356 e. The van der Waals surface area contributed by atoms with Crippen molar-refractivity contribution in [2.75, 3.05) is 13.1 Å². The molecular weight excluding hydrogens is 288 g/mol. The summed E-state index contributed by atoms with van der Waals surface area (Å²) in [6.07, 6.45) is 3.57. The standard InChI is InChI=1S/C19H26N2O2/c1-3-21-17(22)11-10-16(19(23)20-12-14-8-9-14)18(21)15-7-5-4-6-13(15)2/h4-7,14,16,18H,3,8-12H2,1-2H3,(H,20,23)/t16-,18+/m1/s1. The van der Waals surface area contributed by atoms with Crippen LogP contribution in [0, 0.1) is 18.8 Å². The third-order valence-corrected chi connectivity index (χ3v) is 5.15. The average molecular weight is 314 g/mol. The Balaban J connectivity index is 1.87. The molecule has 0 spiro atoms. The number of hydrogen-bond acceptors (Lipinski definition) is 2. The number of amides is 2. The van der Waals surface area contributed by atoms with E-state index < -0.39 is 0 Å². The average Bonchev–Trinajstić information content (AvgIpc) is 3.37. The molecule has 2 amide bonds. The Morgan fingerprint density at radius 3 is 2.65 bits per heavy atom. The van der Waals surface area contributed by atoms with Crippen molar-refractivity contribution in [1.29, 1.82) is 0 Å². The van der Waals surface area contributed by atoms with Crippen molar-refractivity contribution in [2.24, 2.45) is 11.8 Å². The number of piperidine rings is 1. The van der Waals surface area contributed by atoms with E-state index in [-0.39, 0.29) is 23.8 Å². The second kappa shape index (κ2) is 6.73. The van der Waals surface area contributed by atoms with Crippen LogP contribution in [0.1, 0.15) is 49.8 Å². The first-order chi connectivity index (χ1) is 11.1. The van der Waals surface area contributed by atoms with Gasteiger partial charge in [-0.1, -0.05) is 24.3 Å². The van der Waals surface area contributed by atoms with E-state index in [4.69, 9.17) is 0 Å². The Morgan fingerprint density at radius 1 is 1.26 bits per heavy atom. The summed E-state index contributed by atoms with van der Waals surface area (Å²) < 4.78 is 0. The summed E-state index contributed by atoms with van der Waals surface area (Å²) in [5.74, 6) is 0.791. The molecule has 1 aromatic rings. The van der Waals surface area contributed by atoms with E-state index in [0.717, 1.165) is 17.7 Å². The zero-order valence-electron chi connectivity index (χ0n) is 14.0. The van der Waals surface area contributed by atoms with Crippen molar-refractivity contribution in [3.05, 3.63) is 35.4 Å². The Morgan fingerprint density at radius 2 is 2.00 bits per heavy atom.